The number of phenols is 1. The zero-order valence-electron chi connectivity index (χ0n) is 11.9. The topological polar surface area (TPSA) is 20.2 Å². The number of aryl methyl sites for hydroxylation is 1. The van der Waals surface area contributed by atoms with Gasteiger partial charge in [0, 0.05) is 0 Å². The minimum atomic E-state index is 0.303. The number of hydrogen-bond donors (Lipinski definition) is 1. The molecule has 0 saturated heterocycles. The molecule has 0 bridgehead atoms. The minimum absolute atomic E-state index is 0.303. The molecule has 2 aromatic carbocycles. The molecule has 0 heterocycles. The fourth-order valence-electron chi connectivity index (χ4n) is 4.41. The molecule has 1 saturated carbocycles. The number of hydrogen-bond acceptors (Lipinski definition) is 1. The van der Waals surface area contributed by atoms with Gasteiger partial charge in [-0.2, -0.15) is 0 Å². The van der Waals surface area contributed by atoms with E-state index >= 15 is 0 Å². The molecular weight excluding hydrogens is 244 g/mol. The molecule has 1 heteroatoms. The van der Waals surface area contributed by atoms with E-state index in [0.29, 0.717) is 17.1 Å². The minimum Gasteiger partial charge on any atom is -0.508 e. The molecule has 1 N–H and O–H groups in total. The van der Waals surface area contributed by atoms with E-state index in [2.05, 4.69) is 31.7 Å². The van der Waals surface area contributed by atoms with Crippen LogP contribution in [0.2, 0.25) is 0 Å². The molecule has 102 valence electrons. The van der Waals surface area contributed by atoms with Crippen LogP contribution in [0.1, 0.15) is 43.2 Å². The molecule has 20 heavy (non-hydrogen) atoms. The molecule has 0 amide bonds. The predicted octanol–water partition coefficient (Wildman–Crippen LogP) is 4.93. The first-order valence-corrected chi connectivity index (χ1v) is 7.52. The molecule has 2 aromatic rings. The summed E-state index contributed by atoms with van der Waals surface area (Å²) in [6.07, 6.45) is 4.76. The molecule has 0 aromatic heterocycles. The van der Waals surface area contributed by atoms with E-state index in [9.17, 15) is 5.11 Å². The highest BCUT2D eigenvalue weighted by Gasteiger charge is 2.45. The fourth-order valence-corrected chi connectivity index (χ4v) is 4.41. The van der Waals surface area contributed by atoms with Gasteiger partial charge in [-0.05, 0) is 71.0 Å². The lowest BCUT2D eigenvalue weighted by Crippen LogP contribution is -2.27. The van der Waals surface area contributed by atoms with Crippen molar-refractivity contribution in [3.63, 3.8) is 0 Å². The largest absolute Gasteiger partial charge is 0.508 e. The smallest absolute Gasteiger partial charge is 0.116 e. The van der Waals surface area contributed by atoms with Crippen LogP contribution in [0.15, 0.2) is 42.5 Å². The van der Waals surface area contributed by atoms with Crippen LogP contribution in [0.4, 0.5) is 0 Å². The number of benzene rings is 2. The normalized spacial score (nSPS) is 28.4. The first-order chi connectivity index (χ1) is 9.59. The summed E-state index contributed by atoms with van der Waals surface area (Å²) in [4.78, 5) is 0. The molecule has 0 radical (unpaired) electrons. The Labute approximate surface area is 119 Å². The summed E-state index contributed by atoms with van der Waals surface area (Å²) in [5.74, 6) is 0.990. The maximum absolute atomic E-state index is 9.65. The number of rotatable bonds is 0. The van der Waals surface area contributed by atoms with Crippen molar-refractivity contribution in [2.24, 2.45) is 5.41 Å². The highest BCUT2D eigenvalue weighted by atomic mass is 16.3. The predicted molar refractivity (Wildman–Crippen MR) is 83.2 cm³/mol. The van der Waals surface area contributed by atoms with Gasteiger partial charge in [0.2, 0.25) is 0 Å². The molecule has 0 aliphatic heterocycles. The Bertz CT molecular complexity index is 728. The maximum atomic E-state index is 9.65. The van der Waals surface area contributed by atoms with Gasteiger partial charge < -0.3 is 5.11 Å². The summed E-state index contributed by atoms with van der Waals surface area (Å²) < 4.78 is 0. The Morgan fingerprint density at radius 1 is 1.20 bits per heavy atom. The van der Waals surface area contributed by atoms with Gasteiger partial charge in [0.05, 0.1) is 0 Å². The quantitative estimate of drug-likeness (QED) is 0.669. The molecule has 1 nitrogen and oxygen atoms in total. The van der Waals surface area contributed by atoms with Gasteiger partial charge in [-0.3, -0.25) is 0 Å². The average molecular weight is 264 g/mol. The molecular formula is C19H20O. The third-order valence-electron chi connectivity index (χ3n) is 5.73. The second kappa shape index (κ2) is 3.88. The van der Waals surface area contributed by atoms with Crippen LogP contribution in [0, 0.1) is 5.41 Å². The molecule has 1 unspecified atom stereocenters. The summed E-state index contributed by atoms with van der Waals surface area (Å²) >= 11 is 0. The second-order valence-electron chi connectivity index (χ2n) is 6.65. The monoisotopic (exact) mass is 264 g/mol. The third kappa shape index (κ3) is 1.44. The van der Waals surface area contributed by atoms with Crippen molar-refractivity contribution in [2.45, 2.75) is 38.5 Å². The molecule has 2 aliphatic rings. The summed E-state index contributed by atoms with van der Waals surface area (Å²) in [5, 5.41) is 12.1. The number of allylic oxidation sites excluding steroid dienone is 1. The van der Waals surface area contributed by atoms with Crippen molar-refractivity contribution in [1.29, 1.82) is 0 Å². The first kappa shape index (κ1) is 12.0. The lowest BCUT2D eigenvalue weighted by atomic mass is 9.65. The van der Waals surface area contributed by atoms with Gasteiger partial charge >= 0.3 is 0 Å². The van der Waals surface area contributed by atoms with Gasteiger partial charge in [-0.25, -0.2) is 0 Å². The lowest BCUT2D eigenvalue weighted by molar-refractivity contribution is 0.308. The van der Waals surface area contributed by atoms with Crippen molar-refractivity contribution < 1.29 is 5.11 Å². The van der Waals surface area contributed by atoms with E-state index in [4.69, 9.17) is 0 Å². The van der Waals surface area contributed by atoms with Crippen LogP contribution in [-0.4, -0.2) is 5.11 Å². The number of fused-ring (bicyclic) bond motifs is 5. The Hall–Kier alpha value is -1.76. The van der Waals surface area contributed by atoms with Gasteiger partial charge in [0.25, 0.3) is 0 Å². The van der Waals surface area contributed by atoms with Gasteiger partial charge in [-0.1, -0.05) is 37.3 Å². The SMILES string of the molecule is C=C1CCC2c3ccc4cc(O)ccc4c3CC[C@]12C. The molecule has 2 atom stereocenters. The Balaban J connectivity index is 1.95. The molecule has 0 spiro atoms. The van der Waals surface area contributed by atoms with Gasteiger partial charge in [0.1, 0.15) is 5.75 Å². The number of phenolic OH excluding ortho intramolecular Hbond substituents is 1. The Kier molecular flexibility index (Phi) is 2.33. The second-order valence-corrected chi connectivity index (χ2v) is 6.65. The van der Waals surface area contributed by atoms with E-state index < -0.39 is 0 Å². The van der Waals surface area contributed by atoms with Crippen molar-refractivity contribution in [2.75, 3.05) is 0 Å². The molecule has 1 fully saturated rings. The number of aromatic hydroxyl groups is 1. The van der Waals surface area contributed by atoms with E-state index in [-0.39, 0.29) is 0 Å². The van der Waals surface area contributed by atoms with Crippen LogP contribution in [0.25, 0.3) is 10.8 Å². The van der Waals surface area contributed by atoms with Crippen LogP contribution in [0.3, 0.4) is 0 Å². The van der Waals surface area contributed by atoms with Crippen LogP contribution in [-0.2, 0) is 6.42 Å². The van der Waals surface area contributed by atoms with Crippen molar-refractivity contribution in [1.82, 2.24) is 0 Å². The van der Waals surface area contributed by atoms with E-state index in [1.54, 1.807) is 0 Å². The highest BCUT2D eigenvalue weighted by Crippen LogP contribution is 2.58. The van der Waals surface area contributed by atoms with Crippen molar-refractivity contribution in [3.8, 4) is 5.75 Å². The highest BCUT2D eigenvalue weighted by molar-refractivity contribution is 5.88. The van der Waals surface area contributed by atoms with E-state index in [1.807, 2.05) is 12.1 Å². The lowest BCUT2D eigenvalue weighted by Gasteiger charge is -2.39. The summed E-state index contributed by atoms with van der Waals surface area (Å²) in [5.41, 5.74) is 4.77. The standard InChI is InChI=1S/C19H20O/c1-12-3-8-18-17-6-4-13-11-14(20)5-7-15(13)16(17)9-10-19(12,18)2/h4-7,11,18,20H,1,3,8-10H2,2H3/t18?,19-/m1/s1. The average Bonchev–Trinajstić information content (AvgIpc) is 2.74. The molecule has 2 aliphatic carbocycles. The summed E-state index contributed by atoms with van der Waals surface area (Å²) in [6.45, 7) is 6.72. The third-order valence-corrected chi connectivity index (χ3v) is 5.73. The van der Waals surface area contributed by atoms with Crippen molar-refractivity contribution in [3.05, 3.63) is 53.6 Å². The van der Waals surface area contributed by atoms with Crippen LogP contribution in [0.5, 0.6) is 5.75 Å². The Morgan fingerprint density at radius 3 is 2.90 bits per heavy atom. The van der Waals surface area contributed by atoms with Crippen molar-refractivity contribution >= 4 is 10.8 Å². The molecule has 4 rings (SSSR count). The zero-order valence-corrected chi connectivity index (χ0v) is 11.9. The first-order valence-electron chi connectivity index (χ1n) is 7.52. The van der Waals surface area contributed by atoms with Crippen LogP contribution >= 0.6 is 0 Å². The zero-order chi connectivity index (χ0) is 13.9. The van der Waals surface area contributed by atoms with E-state index in [1.165, 1.54) is 41.3 Å². The maximum Gasteiger partial charge on any atom is 0.116 e. The van der Waals surface area contributed by atoms with E-state index in [0.717, 1.165) is 11.8 Å². The van der Waals surface area contributed by atoms with Crippen LogP contribution < -0.4 is 0 Å². The summed E-state index contributed by atoms with van der Waals surface area (Å²) in [6, 6.07) is 10.2. The fraction of sp³-hybridized carbons (Fsp3) is 0.368. The van der Waals surface area contributed by atoms with Gasteiger partial charge in [-0.15, -0.1) is 0 Å². The van der Waals surface area contributed by atoms with Gasteiger partial charge in [0.15, 0.2) is 0 Å². The Morgan fingerprint density at radius 2 is 2.05 bits per heavy atom. The summed E-state index contributed by atoms with van der Waals surface area (Å²) in [7, 11) is 0.